The standard InChI is InChI=1S/C36H34N4O7S/c1-5-33-37-26(22-48-33)14-13-25-19-40(27-10-8-7-9-11-27)39-34(25)45-20-24-12-15-29(32(18-24)42-4)44-21-28-23(3)46-35(38-28)30-16-17-31(47-30)36(41)43-6-2/h7-19,22H,5-6,20-21H2,1-4H3/b14-13-. The number of para-hydroxylation sites is 1. The van der Waals surface area contributed by atoms with Crippen molar-refractivity contribution in [3.8, 4) is 34.7 Å². The fraction of sp³-hybridized carbons (Fsp3) is 0.222. The number of aryl methyl sites for hydroxylation is 2. The van der Waals surface area contributed by atoms with Gasteiger partial charge in [-0.2, -0.15) is 0 Å². The minimum absolute atomic E-state index is 0.0766. The number of carbonyl (C=O) groups is 1. The van der Waals surface area contributed by atoms with Crippen LogP contribution in [-0.4, -0.2) is 39.4 Å². The summed E-state index contributed by atoms with van der Waals surface area (Å²) in [5.41, 5.74) is 4.09. The fourth-order valence-corrected chi connectivity index (χ4v) is 5.41. The first-order chi connectivity index (χ1) is 23.4. The Hall–Kier alpha value is -5.62. The third-order valence-corrected chi connectivity index (χ3v) is 8.20. The van der Waals surface area contributed by atoms with Gasteiger partial charge in [0, 0.05) is 11.6 Å². The fourth-order valence-electron chi connectivity index (χ4n) is 4.70. The molecule has 4 heterocycles. The molecule has 6 rings (SSSR count). The van der Waals surface area contributed by atoms with Gasteiger partial charge in [0.25, 0.3) is 5.89 Å². The number of rotatable bonds is 14. The molecule has 12 heteroatoms. The minimum atomic E-state index is -0.548. The number of thiazole rings is 1. The van der Waals surface area contributed by atoms with Crippen molar-refractivity contribution >= 4 is 29.5 Å². The Morgan fingerprint density at radius 1 is 0.958 bits per heavy atom. The summed E-state index contributed by atoms with van der Waals surface area (Å²) in [6.45, 7) is 6.23. The largest absolute Gasteiger partial charge is 0.493 e. The van der Waals surface area contributed by atoms with Crippen molar-refractivity contribution in [1.29, 1.82) is 0 Å². The van der Waals surface area contributed by atoms with E-state index in [-0.39, 0.29) is 31.5 Å². The van der Waals surface area contributed by atoms with E-state index < -0.39 is 5.97 Å². The molecule has 0 bridgehead atoms. The van der Waals surface area contributed by atoms with Crippen LogP contribution in [0.25, 0.3) is 29.5 Å². The van der Waals surface area contributed by atoms with E-state index in [2.05, 4.69) is 16.9 Å². The van der Waals surface area contributed by atoms with Crippen LogP contribution in [-0.2, 0) is 24.4 Å². The summed E-state index contributed by atoms with van der Waals surface area (Å²) in [5.74, 6) is 2.19. The molecular formula is C36H34N4O7S. The quantitative estimate of drug-likeness (QED) is 0.106. The molecule has 0 saturated carbocycles. The Labute approximate surface area is 281 Å². The first-order valence-corrected chi connectivity index (χ1v) is 16.3. The molecule has 0 aliphatic heterocycles. The number of benzene rings is 2. The van der Waals surface area contributed by atoms with Crippen molar-refractivity contribution in [3.63, 3.8) is 0 Å². The lowest BCUT2D eigenvalue weighted by Crippen LogP contribution is -2.02. The molecule has 0 N–H and O–H groups in total. The average molecular weight is 667 g/mol. The highest BCUT2D eigenvalue weighted by molar-refractivity contribution is 7.09. The van der Waals surface area contributed by atoms with E-state index in [1.807, 2.05) is 72.3 Å². The highest BCUT2D eigenvalue weighted by atomic mass is 32.1. The maximum absolute atomic E-state index is 12.0. The number of methoxy groups -OCH3 is 1. The molecule has 4 aromatic heterocycles. The molecule has 0 amide bonds. The zero-order valence-electron chi connectivity index (χ0n) is 27.0. The highest BCUT2D eigenvalue weighted by Gasteiger charge is 2.19. The van der Waals surface area contributed by atoms with Gasteiger partial charge in [-0.25, -0.2) is 19.4 Å². The second-order valence-electron chi connectivity index (χ2n) is 10.5. The van der Waals surface area contributed by atoms with Gasteiger partial charge in [-0.15, -0.1) is 16.4 Å². The van der Waals surface area contributed by atoms with Crippen molar-refractivity contribution in [1.82, 2.24) is 19.7 Å². The monoisotopic (exact) mass is 666 g/mol. The van der Waals surface area contributed by atoms with Gasteiger partial charge in [0.2, 0.25) is 11.6 Å². The molecule has 0 fully saturated rings. The van der Waals surface area contributed by atoms with Crippen molar-refractivity contribution in [3.05, 3.63) is 111 Å². The van der Waals surface area contributed by atoms with E-state index in [1.54, 1.807) is 43.0 Å². The summed E-state index contributed by atoms with van der Waals surface area (Å²) >= 11 is 1.65. The molecule has 0 unspecified atom stereocenters. The topological polar surface area (TPSA) is 124 Å². The van der Waals surface area contributed by atoms with Gasteiger partial charge in [-0.3, -0.25) is 0 Å². The third kappa shape index (κ3) is 7.50. The number of esters is 1. The van der Waals surface area contributed by atoms with Crippen LogP contribution in [0.5, 0.6) is 17.4 Å². The molecule has 6 aromatic rings. The molecule has 11 nitrogen and oxygen atoms in total. The Morgan fingerprint density at radius 3 is 2.58 bits per heavy atom. The normalized spacial score (nSPS) is 11.2. The van der Waals surface area contributed by atoms with Crippen LogP contribution in [0.1, 0.15) is 57.7 Å². The van der Waals surface area contributed by atoms with E-state index >= 15 is 0 Å². The first-order valence-electron chi connectivity index (χ1n) is 15.4. The molecule has 48 heavy (non-hydrogen) atoms. The maximum atomic E-state index is 12.0. The Bertz CT molecular complexity index is 2020. The average Bonchev–Trinajstić information content (AvgIpc) is 3.93. The molecule has 246 valence electrons. The molecule has 2 aromatic carbocycles. The van der Waals surface area contributed by atoms with E-state index in [0.717, 1.165) is 33.9 Å². The number of nitrogens with zero attached hydrogens (tertiary/aromatic N) is 4. The molecule has 0 atom stereocenters. The van der Waals surface area contributed by atoms with Crippen LogP contribution in [0.4, 0.5) is 0 Å². The third-order valence-electron chi connectivity index (χ3n) is 7.19. The molecule has 0 aliphatic rings. The lowest BCUT2D eigenvalue weighted by molar-refractivity contribution is 0.0491. The van der Waals surface area contributed by atoms with Crippen LogP contribution < -0.4 is 14.2 Å². The van der Waals surface area contributed by atoms with Crippen LogP contribution in [0.3, 0.4) is 0 Å². The summed E-state index contributed by atoms with van der Waals surface area (Å²) in [6.07, 6.45) is 6.78. The van der Waals surface area contributed by atoms with Gasteiger partial charge in [0.1, 0.15) is 24.7 Å². The molecule has 0 radical (unpaired) electrons. The highest BCUT2D eigenvalue weighted by Crippen LogP contribution is 2.31. The second kappa shape index (κ2) is 14.9. The summed E-state index contributed by atoms with van der Waals surface area (Å²) in [6, 6.07) is 18.6. The molecule has 0 aliphatic carbocycles. The van der Waals surface area contributed by atoms with E-state index in [9.17, 15) is 4.79 Å². The number of oxazole rings is 1. The number of hydrogen-bond acceptors (Lipinski definition) is 11. The second-order valence-corrected chi connectivity index (χ2v) is 11.4. The van der Waals surface area contributed by atoms with E-state index in [4.69, 9.17) is 32.9 Å². The summed E-state index contributed by atoms with van der Waals surface area (Å²) in [4.78, 5) is 21.1. The predicted molar refractivity (Wildman–Crippen MR) is 181 cm³/mol. The van der Waals surface area contributed by atoms with Gasteiger partial charge in [0.15, 0.2) is 17.3 Å². The number of hydrogen-bond donors (Lipinski definition) is 0. The van der Waals surface area contributed by atoms with Gasteiger partial charge < -0.3 is 27.8 Å². The van der Waals surface area contributed by atoms with Crippen LogP contribution >= 0.6 is 11.3 Å². The summed E-state index contributed by atoms with van der Waals surface area (Å²) in [7, 11) is 1.58. The van der Waals surface area contributed by atoms with Gasteiger partial charge in [0.05, 0.1) is 35.7 Å². The van der Waals surface area contributed by atoms with Crippen LogP contribution in [0.15, 0.2) is 81.1 Å². The van der Waals surface area contributed by atoms with Gasteiger partial charge >= 0.3 is 5.97 Å². The zero-order chi connectivity index (χ0) is 33.5. The van der Waals surface area contributed by atoms with E-state index in [0.29, 0.717) is 34.6 Å². The first kappa shape index (κ1) is 32.3. The maximum Gasteiger partial charge on any atom is 0.374 e. The lowest BCUT2D eigenvalue weighted by atomic mass is 10.2. The Kier molecular flexibility index (Phi) is 10.0. The molecule has 0 saturated heterocycles. The Morgan fingerprint density at radius 2 is 1.81 bits per heavy atom. The van der Waals surface area contributed by atoms with Crippen LogP contribution in [0.2, 0.25) is 0 Å². The van der Waals surface area contributed by atoms with Crippen LogP contribution in [0, 0.1) is 6.92 Å². The van der Waals surface area contributed by atoms with Gasteiger partial charge in [-0.05, 0) is 74.4 Å². The van der Waals surface area contributed by atoms with Crippen molar-refractivity contribution in [2.75, 3.05) is 13.7 Å². The van der Waals surface area contributed by atoms with Crippen molar-refractivity contribution in [2.24, 2.45) is 0 Å². The van der Waals surface area contributed by atoms with Crippen molar-refractivity contribution < 1.29 is 32.6 Å². The van der Waals surface area contributed by atoms with E-state index in [1.165, 1.54) is 6.07 Å². The Balaban J connectivity index is 1.14. The molecular weight excluding hydrogens is 632 g/mol. The van der Waals surface area contributed by atoms with Gasteiger partial charge in [-0.1, -0.05) is 31.2 Å². The number of aromatic nitrogens is 4. The number of carbonyl (C=O) groups excluding carboxylic acids is 1. The zero-order valence-corrected chi connectivity index (χ0v) is 27.8. The summed E-state index contributed by atoms with van der Waals surface area (Å²) in [5, 5.41) is 7.86. The minimum Gasteiger partial charge on any atom is -0.493 e. The number of furan rings is 1. The SMILES string of the molecule is CCOC(=O)c1ccc(-c2nc(COc3ccc(COc4nn(-c5ccccc5)cc4/C=C\c4csc(CC)n4)cc3OC)c(C)o2)o1. The lowest BCUT2D eigenvalue weighted by Gasteiger charge is -2.12. The van der Waals surface area contributed by atoms with Crippen molar-refractivity contribution in [2.45, 2.75) is 40.4 Å². The number of ether oxygens (including phenoxy) is 4. The summed E-state index contributed by atoms with van der Waals surface area (Å²) < 4.78 is 36.1. The smallest absolute Gasteiger partial charge is 0.374 e. The molecule has 0 spiro atoms. The predicted octanol–water partition coefficient (Wildman–Crippen LogP) is 7.96.